The van der Waals surface area contributed by atoms with Gasteiger partial charge in [-0.3, -0.25) is 19.6 Å². The number of sulfonamides is 1. The number of carbonyl (C=O) groups is 1. The van der Waals surface area contributed by atoms with Crippen LogP contribution in [-0.2, 0) is 20.6 Å². The summed E-state index contributed by atoms with van der Waals surface area (Å²) in [5.41, 5.74) is -0.572. The Hall–Kier alpha value is -1.96. The number of rotatable bonds is 4. The zero-order chi connectivity index (χ0) is 15.6. The summed E-state index contributed by atoms with van der Waals surface area (Å²) < 4.78 is 25.6. The van der Waals surface area contributed by atoms with Crippen LogP contribution in [0.3, 0.4) is 0 Å². The fourth-order valence-electron chi connectivity index (χ4n) is 1.26. The minimum absolute atomic E-state index is 0.120. The van der Waals surface area contributed by atoms with Crippen LogP contribution in [-0.4, -0.2) is 19.2 Å². The standard InChI is InChI=1S/C12H16N2O5S/c1-12(2,3)11(15)13-20(18,19)8-9-4-6-10(7-5-9)14(16)17/h4-7H,8H2,1-3H3,(H,13,15). The predicted molar refractivity (Wildman–Crippen MR) is 73.3 cm³/mol. The van der Waals surface area contributed by atoms with Crippen LogP contribution < -0.4 is 4.72 Å². The average Bonchev–Trinajstić information content (AvgIpc) is 2.27. The summed E-state index contributed by atoms with van der Waals surface area (Å²) in [6.45, 7) is 4.80. The topological polar surface area (TPSA) is 106 Å². The lowest BCUT2D eigenvalue weighted by atomic mass is 9.96. The quantitative estimate of drug-likeness (QED) is 0.671. The SMILES string of the molecule is CC(C)(C)C(=O)NS(=O)(=O)Cc1ccc([N+](=O)[O-])cc1. The van der Waals surface area contributed by atoms with Crippen LogP contribution >= 0.6 is 0 Å². The van der Waals surface area contributed by atoms with E-state index in [0.717, 1.165) is 0 Å². The van der Waals surface area contributed by atoms with Gasteiger partial charge in [0.15, 0.2) is 0 Å². The number of nitrogens with one attached hydrogen (secondary N) is 1. The van der Waals surface area contributed by atoms with Gasteiger partial charge in [-0.15, -0.1) is 0 Å². The summed E-state index contributed by atoms with van der Waals surface area (Å²) >= 11 is 0. The van der Waals surface area contributed by atoms with Crippen molar-refractivity contribution in [2.45, 2.75) is 26.5 Å². The molecule has 0 spiro atoms. The van der Waals surface area contributed by atoms with E-state index in [-0.39, 0.29) is 5.69 Å². The highest BCUT2D eigenvalue weighted by molar-refractivity contribution is 7.89. The maximum Gasteiger partial charge on any atom is 0.269 e. The zero-order valence-corrected chi connectivity index (χ0v) is 12.2. The second kappa shape index (κ2) is 5.58. The Balaban J connectivity index is 2.81. The van der Waals surface area contributed by atoms with Gasteiger partial charge in [0.1, 0.15) is 0 Å². The Kier molecular flexibility index (Phi) is 4.49. The fourth-order valence-corrected chi connectivity index (χ4v) is 2.56. The van der Waals surface area contributed by atoms with E-state index < -0.39 is 32.0 Å². The molecule has 0 aliphatic carbocycles. The van der Waals surface area contributed by atoms with E-state index in [1.54, 1.807) is 20.8 Å². The highest BCUT2D eigenvalue weighted by atomic mass is 32.2. The van der Waals surface area contributed by atoms with Crippen LogP contribution in [0.2, 0.25) is 0 Å². The summed E-state index contributed by atoms with van der Waals surface area (Å²) in [5, 5.41) is 10.5. The number of amides is 1. The molecule has 110 valence electrons. The second-order valence-corrected chi connectivity index (χ2v) is 7.09. The van der Waals surface area contributed by atoms with Crippen LogP contribution in [0.5, 0.6) is 0 Å². The molecule has 0 saturated carbocycles. The highest BCUT2D eigenvalue weighted by Gasteiger charge is 2.26. The van der Waals surface area contributed by atoms with E-state index in [0.29, 0.717) is 5.56 Å². The first-order valence-corrected chi connectivity index (χ1v) is 7.45. The van der Waals surface area contributed by atoms with Gasteiger partial charge in [0.25, 0.3) is 5.69 Å². The van der Waals surface area contributed by atoms with Gasteiger partial charge in [-0.1, -0.05) is 32.9 Å². The lowest BCUT2D eigenvalue weighted by molar-refractivity contribution is -0.384. The fraction of sp³-hybridized carbons (Fsp3) is 0.417. The molecule has 8 heteroatoms. The number of carbonyl (C=O) groups excluding carboxylic acids is 1. The molecule has 0 aliphatic rings. The summed E-state index contributed by atoms with van der Waals surface area (Å²) in [6, 6.07) is 5.13. The molecule has 7 nitrogen and oxygen atoms in total. The molecule has 1 rings (SSSR count). The van der Waals surface area contributed by atoms with E-state index in [1.165, 1.54) is 24.3 Å². The van der Waals surface area contributed by atoms with Crippen molar-refractivity contribution in [3.05, 3.63) is 39.9 Å². The summed E-state index contributed by atoms with van der Waals surface area (Å²) in [7, 11) is -3.82. The number of benzene rings is 1. The van der Waals surface area contributed by atoms with E-state index in [4.69, 9.17) is 0 Å². The summed E-state index contributed by atoms with van der Waals surface area (Å²) in [4.78, 5) is 21.5. The largest absolute Gasteiger partial charge is 0.273 e. The maximum absolute atomic E-state index is 11.8. The summed E-state index contributed by atoms with van der Waals surface area (Å²) in [6.07, 6.45) is 0. The van der Waals surface area contributed by atoms with Crippen LogP contribution in [0.15, 0.2) is 24.3 Å². The van der Waals surface area contributed by atoms with Gasteiger partial charge in [0, 0.05) is 17.5 Å². The van der Waals surface area contributed by atoms with Crippen molar-refractivity contribution in [1.82, 2.24) is 4.72 Å². The Morgan fingerprint density at radius 1 is 1.25 bits per heavy atom. The van der Waals surface area contributed by atoms with Gasteiger partial charge >= 0.3 is 0 Å². The normalized spacial score (nSPS) is 11.9. The van der Waals surface area contributed by atoms with Crippen molar-refractivity contribution in [2.24, 2.45) is 5.41 Å². The van der Waals surface area contributed by atoms with Crippen molar-refractivity contribution >= 4 is 21.6 Å². The lowest BCUT2D eigenvalue weighted by Gasteiger charge is -2.17. The smallest absolute Gasteiger partial charge is 0.269 e. The van der Waals surface area contributed by atoms with Crippen molar-refractivity contribution in [1.29, 1.82) is 0 Å². The molecule has 0 aromatic heterocycles. The van der Waals surface area contributed by atoms with Gasteiger partial charge in [-0.25, -0.2) is 8.42 Å². The Morgan fingerprint density at radius 2 is 1.75 bits per heavy atom. The molecule has 0 unspecified atom stereocenters. The molecule has 1 N–H and O–H groups in total. The third kappa shape index (κ3) is 4.61. The maximum atomic E-state index is 11.8. The van der Waals surface area contributed by atoms with Gasteiger partial charge in [0.2, 0.25) is 15.9 Å². The minimum atomic E-state index is -3.82. The zero-order valence-electron chi connectivity index (χ0n) is 11.4. The molecule has 0 atom stereocenters. The Morgan fingerprint density at radius 3 is 2.15 bits per heavy atom. The molecule has 1 aromatic rings. The first kappa shape index (κ1) is 16.1. The molecule has 0 radical (unpaired) electrons. The number of hydrogen-bond donors (Lipinski definition) is 1. The van der Waals surface area contributed by atoms with E-state index in [2.05, 4.69) is 0 Å². The highest BCUT2D eigenvalue weighted by Crippen LogP contribution is 2.16. The minimum Gasteiger partial charge on any atom is -0.273 e. The molecule has 1 amide bonds. The van der Waals surface area contributed by atoms with Crippen molar-refractivity contribution < 1.29 is 18.1 Å². The average molecular weight is 300 g/mol. The van der Waals surface area contributed by atoms with E-state index in [9.17, 15) is 23.3 Å². The van der Waals surface area contributed by atoms with Crippen molar-refractivity contribution in [3.8, 4) is 0 Å². The van der Waals surface area contributed by atoms with Crippen molar-refractivity contribution in [2.75, 3.05) is 0 Å². The van der Waals surface area contributed by atoms with Gasteiger partial charge < -0.3 is 0 Å². The summed E-state index contributed by atoms with van der Waals surface area (Å²) in [5.74, 6) is -1.01. The number of nitro groups is 1. The lowest BCUT2D eigenvalue weighted by Crippen LogP contribution is -2.39. The molecular formula is C12H16N2O5S. The second-order valence-electron chi connectivity index (χ2n) is 5.36. The monoisotopic (exact) mass is 300 g/mol. The Labute approximate surface area is 117 Å². The molecule has 0 saturated heterocycles. The first-order chi connectivity index (χ1) is 9.01. The number of non-ortho nitro benzene ring substituents is 1. The molecular weight excluding hydrogens is 284 g/mol. The van der Waals surface area contributed by atoms with Crippen LogP contribution in [0.25, 0.3) is 0 Å². The van der Waals surface area contributed by atoms with E-state index >= 15 is 0 Å². The van der Waals surface area contributed by atoms with Crippen molar-refractivity contribution in [3.63, 3.8) is 0 Å². The third-order valence-electron chi connectivity index (χ3n) is 2.43. The molecule has 0 bridgehead atoms. The molecule has 0 aliphatic heterocycles. The van der Waals surface area contributed by atoms with Gasteiger partial charge in [-0.05, 0) is 5.56 Å². The number of hydrogen-bond acceptors (Lipinski definition) is 5. The van der Waals surface area contributed by atoms with Gasteiger partial charge in [0.05, 0.1) is 10.7 Å². The number of nitro benzene ring substituents is 1. The predicted octanol–water partition coefficient (Wildman–Crippen LogP) is 1.59. The van der Waals surface area contributed by atoms with E-state index in [1.807, 2.05) is 4.72 Å². The van der Waals surface area contributed by atoms with Crippen LogP contribution in [0.4, 0.5) is 5.69 Å². The Bertz CT molecular complexity index is 614. The van der Waals surface area contributed by atoms with Crippen LogP contribution in [0, 0.1) is 15.5 Å². The molecule has 0 fully saturated rings. The molecule has 0 heterocycles. The van der Waals surface area contributed by atoms with Gasteiger partial charge in [-0.2, -0.15) is 0 Å². The molecule has 20 heavy (non-hydrogen) atoms. The van der Waals surface area contributed by atoms with Crippen LogP contribution in [0.1, 0.15) is 26.3 Å². The molecule has 1 aromatic carbocycles. The first-order valence-electron chi connectivity index (χ1n) is 5.79. The third-order valence-corrected chi connectivity index (χ3v) is 3.64. The number of nitrogens with zero attached hydrogens (tertiary/aromatic N) is 1.